The molecule has 5 nitrogen and oxygen atoms in total. The number of piperazine rings is 1. The maximum atomic E-state index is 12.8. The van der Waals surface area contributed by atoms with Gasteiger partial charge in [-0.3, -0.25) is 14.6 Å². The molecule has 1 saturated heterocycles. The Balaban J connectivity index is 1.69. The number of aliphatic hydroxyl groups is 1. The summed E-state index contributed by atoms with van der Waals surface area (Å²) < 4.78 is 2.15. The molecule has 2 aromatic rings. The molecule has 0 spiro atoms. The van der Waals surface area contributed by atoms with Crippen LogP contribution in [0.3, 0.4) is 0 Å². The van der Waals surface area contributed by atoms with Crippen LogP contribution in [0.1, 0.15) is 21.7 Å². The molecule has 1 aromatic heterocycles. The number of carbonyl (C=O) groups is 1. The van der Waals surface area contributed by atoms with E-state index in [1.165, 1.54) is 0 Å². The second-order valence-electron chi connectivity index (χ2n) is 6.72. The summed E-state index contributed by atoms with van der Waals surface area (Å²) in [6.45, 7) is 9.04. The predicted molar refractivity (Wildman–Crippen MR) is 99.5 cm³/mol. The van der Waals surface area contributed by atoms with E-state index in [4.69, 9.17) is 5.11 Å². The van der Waals surface area contributed by atoms with Crippen molar-refractivity contribution in [2.45, 2.75) is 13.8 Å². The largest absolute Gasteiger partial charge is 0.395 e. The van der Waals surface area contributed by atoms with Gasteiger partial charge in [-0.25, -0.2) is 0 Å². The van der Waals surface area contributed by atoms with E-state index in [0.29, 0.717) is 6.54 Å². The molecule has 0 radical (unpaired) electrons. The summed E-state index contributed by atoms with van der Waals surface area (Å²) >= 11 is 0. The van der Waals surface area contributed by atoms with Crippen LogP contribution in [0, 0.1) is 13.8 Å². The van der Waals surface area contributed by atoms with Crippen LogP contribution >= 0.6 is 0 Å². The Bertz CT molecular complexity index is 716. The van der Waals surface area contributed by atoms with E-state index in [2.05, 4.69) is 26.5 Å². The van der Waals surface area contributed by atoms with Crippen molar-refractivity contribution >= 4 is 5.78 Å². The molecule has 0 atom stereocenters. The first-order valence-corrected chi connectivity index (χ1v) is 8.93. The average molecular weight is 341 g/mol. The minimum atomic E-state index is 0.186. The highest BCUT2D eigenvalue weighted by molar-refractivity contribution is 5.99. The number of aliphatic hydroxyl groups excluding tert-OH is 1. The lowest BCUT2D eigenvalue weighted by Crippen LogP contribution is -2.48. The quantitative estimate of drug-likeness (QED) is 0.815. The standard InChI is InChI=1S/C20H27N3O2/c1-16-14-19(17(2)23(16)18-6-4-3-5-7-18)20(25)15-22-10-8-21(9-11-22)12-13-24/h3-7,14,24H,8-13,15H2,1-2H3. The molecule has 2 heterocycles. The van der Waals surface area contributed by atoms with Crippen molar-refractivity contribution in [1.82, 2.24) is 14.4 Å². The van der Waals surface area contributed by atoms with Gasteiger partial charge in [0.1, 0.15) is 0 Å². The van der Waals surface area contributed by atoms with E-state index in [1.807, 2.05) is 38.1 Å². The van der Waals surface area contributed by atoms with Crippen molar-refractivity contribution in [3.63, 3.8) is 0 Å². The first-order chi connectivity index (χ1) is 12.1. The SMILES string of the molecule is Cc1cc(C(=O)CN2CCN(CCO)CC2)c(C)n1-c1ccccc1. The van der Waals surface area contributed by atoms with Crippen molar-refractivity contribution in [1.29, 1.82) is 0 Å². The zero-order valence-electron chi connectivity index (χ0n) is 15.1. The number of nitrogens with zero attached hydrogens (tertiary/aromatic N) is 3. The maximum absolute atomic E-state index is 12.8. The lowest BCUT2D eigenvalue weighted by molar-refractivity contribution is 0.0822. The van der Waals surface area contributed by atoms with Crippen LogP contribution in [0.2, 0.25) is 0 Å². The second-order valence-corrected chi connectivity index (χ2v) is 6.72. The number of para-hydroxylation sites is 1. The Hall–Kier alpha value is -1.95. The third-order valence-corrected chi connectivity index (χ3v) is 4.99. The molecule has 0 aliphatic carbocycles. The highest BCUT2D eigenvalue weighted by Crippen LogP contribution is 2.21. The number of β-amino-alcohol motifs (C(OH)–C–C–N with tert-alkyl or cyclic N) is 1. The van der Waals surface area contributed by atoms with Crippen molar-refractivity contribution in [2.75, 3.05) is 45.9 Å². The van der Waals surface area contributed by atoms with Gasteiger partial charge in [0, 0.05) is 55.4 Å². The number of aryl methyl sites for hydroxylation is 1. The van der Waals surface area contributed by atoms with Crippen molar-refractivity contribution in [3.05, 3.63) is 53.3 Å². The van der Waals surface area contributed by atoms with Gasteiger partial charge in [-0.05, 0) is 32.0 Å². The normalized spacial score (nSPS) is 16.3. The number of ketones is 1. The van der Waals surface area contributed by atoms with E-state index in [-0.39, 0.29) is 12.4 Å². The topological polar surface area (TPSA) is 48.7 Å². The van der Waals surface area contributed by atoms with Gasteiger partial charge in [0.15, 0.2) is 5.78 Å². The second kappa shape index (κ2) is 7.95. The van der Waals surface area contributed by atoms with Gasteiger partial charge in [-0.1, -0.05) is 18.2 Å². The van der Waals surface area contributed by atoms with Crippen LogP contribution in [0.4, 0.5) is 0 Å². The Morgan fingerprint density at radius 1 is 1.04 bits per heavy atom. The molecule has 1 aromatic carbocycles. The summed E-state index contributed by atoms with van der Waals surface area (Å²) in [7, 11) is 0. The van der Waals surface area contributed by atoms with Gasteiger partial charge in [0.05, 0.1) is 13.2 Å². The molecule has 0 unspecified atom stereocenters. The summed E-state index contributed by atoms with van der Waals surface area (Å²) in [6.07, 6.45) is 0. The van der Waals surface area contributed by atoms with Crippen molar-refractivity contribution in [2.24, 2.45) is 0 Å². The molecule has 1 fully saturated rings. The van der Waals surface area contributed by atoms with Gasteiger partial charge >= 0.3 is 0 Å². The molecular weight excluding hydrogens is 314 g/mol. The molecule has 3 rings (SSSR count). The molecule has 1 aliphatic rings. The van der Waals surface area contributed by atoms with Gasteiger partial charge in [0.2, 0.25) is 0 Å². The lowest BCUT2D eigenvalue weighted by atomic mass is 10.1. The lowest BCUT2D eigenvalue weighted by Gasteiger charge is -2.33. The summed E-state index contributed by atoms with van der Waals surface area (Å²) in [6, 6.07) is 12.2. The van der Waals surface area contributed by atoms with Gasteiger partial charge < -0.3 is 9.67 Å². The molecule has 0 saturated carbocycles. The van der Waals surface area contributed by atoms with E-state index >= 15 is 0 Å². The number of hydrogen-bond donors (Lipinski definition) is 1. The summed E-state index contributed by atoms with van der Waals surface area (Å²) in [5, 5.41) is 9.02. The molecule has 5 heteroatoms. The van der Waals surface area contributed by atoms with Crippen LogP contribution in [-0.4, -0.2) is 71.1 Å². The van der Waals surface area contributed by atoms with Gasteiger partial charge in [-0.2, -0.15) is 0 Å². The molecule has 1 aliphatic heterocycles. The highest BCUT2D eigenvalue weighted by atomic mass is 16.3. The summed E-state index contributed by atoms with van der Waals surface area (Å²) in [5.41, 5.74) is 4.00. The molecule has 0 bridgehead atoms. The number of hydrogen-bond acceptors (Lipinski definition) is 4. The Morgan fingerprint density at radius 3 is 2.32 bits per heavy atom. The number of benzene rings is 1. The monoisotopic (exact) mass is 341 g/mol. The fourth-order valence-electron chi connectivity index (χ4n) is 3.62. The first kappa shape index (κ1) is 17.9. The van der Waals surface area contributed by atoms with Crippen molar-refractivity contribution < 1.29 is 9.90 Å². The molecule has 0 amide bonds. The number of carbonyl (C=O) groups excluding carboxylic acids is 1. The van der Waals surface area contributed by atoms with Crippen LogP contribution in [0.25, 0.3) is 5.69 Å². The minimum Gasteiger partial charge on any atom is -0.395 e. The zero-order chi connectivity index (χ0) is 17.8. The molecule has 25 heavy (non-hydrogen) atoms. The number of rotatable bonds is 6. The highest BCUT2D eigenvalue weighted by Gasteiger charge is 2.22. The van der Waals surface area contributed by atoms with E-state index in [1.54, 1.807) is 0 Å². The first-order valence-electron chi connectivity index (χ1n) is 8.93. The fourth-order valence-corrected chi connectivity index (χ4v) is 3.62. The average Bonchev–Trinajstić information content (AvgIpc) is 2.92. The van der Waals surface area contributed by atoms with E-state index in [9.17, 15) is 4.79 Å². The van der Waals surface area contributed by atoms with Crippen LogP contribution in [-0.2, 0) is 0 Å². The third kappa shape index (κ3) is 4.00. The predicted octanol–water partition coefficient (Wildman–Crippen LogP) is 1.89. The number of aromatic nitrogens is 1. The zero-order valence-corrected chi connectivity index (χ0v) is 15.1. The Morgan fingerprint density at radius 2 is 1.68 bits per heavy atom. The molecule has 1 N–H and O–H groups in total. The van der Waals surface area contributed by atoms with E-state index in [0.717, 1.165) is 55.4 Å². The molecular formula is C20H27N3O2. The maximum Gasteiger partial charge on any atom is 0.178 e. The number of Topliss-reactive ketones (excluding diaryl/α,β-unsaturated/α-hetero) is 1. The van der Waals surface area contributed by atoms with Gasteiger partial charge in [-0.15, -0.1) is 0 Å². The third-order valence-electron chi connectivity index (χ3n) is 4.99. The minimum absolute atomic E-state index is 0.186. The smallest absolute Gasteiger partial charge is 0.178 e. The fraction of sp³-hybridized carbons (Fsp3) is 0.450. The van der Waals surface area contributed by atoms with Crippen LogP contribution in [0.5, 0.6) is 0 Å². The summed E-state index contributed by atoms with van der Waals surface area (Å²) in [4.78, 5) is 17.3. The molecule has 134 valence electrons. The van der Waals surface area contributed by atoms with Crippen LogP contribution in [0.15, 0.2) is 36.4 Å². The van der Waals surface area contributed by atoms with E-state index < -0.39 is 0 Å². The Kier molecular flexibility index (Phi) is 5.68. The van der Waals surface area contributed by atoms with Gasteiger partial charge in [0.25, 0.3) is 0 Å². The summed E-state index contributed by atoms with van der Waals surface area (Å²) in [5.74, 6) is 0.186. The Labute approximate surface area is 149 Å². The van der Waals surface area contributed by atoms with Crippen molar-refractivity contribution in [3.8, 4) is 5.69 Å². The van der Waals surface area contributed by atoms with Crippen LogP contribution < -0.4 is 0 Å².